The fourth-order valence-corrected chi connectivity index (χ4v) is 1.86. The van der Waals surface area contributed by atoms with Gasteiger partial charge in [0.05, 0.1) is 12.8 Å². The number of hydrogen-bond donors (Lipinski definition) is 3. The molecule has 0 radical (unpaired) electrons. The normalized spacial score (nSPS) is 10.9. The summed E-state index contributed by atoms with van der Waals surface area (Å²) in [7, 11) is 1.53. The molecule has 0 spiro atoms. The third-order valence-electron chi connectivity index (χ3n) is 3.02. The Kier molecular flexibility index (Phi) is 5.58. The van der Waals surface area contributed by atoms with Crippen LogP contribution in [0.15, 0.2) is 18.2 Å². The van der Waals surface area contributed by atoms with Gasteiger partial charge in [0.1, 0.15) is 5.75 Å². The van der Waals surface area contributed by atoms with E-state index in [0.29, 0.717) is 17.9 Å². The molecule has 0 aliphatic rings. The molecule has 0 unspecified atom stereocenters. The lowest BCUT2D eigenvalue weighted by molar-refractivity contribution is -0.137. The Morgan fingerprint density at radius 3 is 2.57 bits per heavy atom. The quantitative estimate of drug-likeness (QED) is 0.752. The van der Waals surface area contributed by atoms with Crippen molar-refractivity contribution in [3.05, 3.63) is 23.8 Å². The Hall–Kier alpha value is -2.24. The van der Waals surface area contributed by atoms with Gasteiger partial charge in [-0.25, -0.2) is 4.79 Å². The van der Waals surface area contributed by atoms with Crippen molar-refractivity contribution in [2.24, 2.45) is 0 Å². The first-order valence-corrected chi connectivity index (χ1v) is 6.69. The first-order chi connectivity index (χ1) is 9.73. The second-order valence-electron chi connectivity index (χ2n) is 5.56. The minimum absolute atomic E-state index is 0.00104. The van der Waals surface area contributed by atoms with Crippen molar-refractivity contribution >= 4 is 17.7 Å². The summed E-state index contributed by atoms with van der Waals surface area (Å²) < 4.78 is 5.19. The van der Waals surface area contributed by atoms with E-state index in [9.17, 15) is 9.59 Å². The third kappa shape index (κ3) is 5.72. The number of carboxylic acids is 1. The molecule has 0 aromatic heterocycles. The molecule has 21 heavy (non-hydrogen) atoms. The molecule has 0 atom stereocenters. The molecule has 0 aliphatic carbocycles. The summed E-state index contributed by atoms with van der Waals surface area (Å²) >= 11 is 0. The van der Waals surface area contributed by atoms with Crippen LogP contribution in [-0.4, -0.2) is 29.8 Å². The zero-order chi connectivity index (χ0) is 16.0. The van der Waals surface area contributed by atoms with E-state index in [0.717, 1.165) is 5.56 Å². The van der Waals surface area contributed by atoms with Gasteiger partial charge in [0, 0.05) is 12.0 Å². The highest BCUT2D eigenvalue weighted by molar-refractivity contribution is 5.91. The smallest absolute Gasteiger partial charge is 0.319 e. The number of benzene rings is 1. The van der Waals surface area contributed by atoms with Crippen molar-refractivity contribution < 1.29 is 19.4 Å². The van der Waals surface area contributed by atoms with E-state index in [1.807, 2.05) is 19.1 Å². The van der Waals surface area contributed by atoms with Crippen molar-refractivity contribution in [3.8, 4) is 5.75 Å². The second-order valence-corrected chi connectivity index (χ2v) is 5.56. The number of methoxy groups -OCH3 is 1. The Balaban J connectivity index is 2.69. The van der Waals surface area contributed by atoms with Gasteiger partial charge in [0.2, 0.25) is 0 Å². The number of carbonyl (C=O) groups is 2. The van der Waals surface area contributed by atoms with Crippen LogP contribution in [-0.2, 0) is 4.79 Å². The van der Waals surface area contributed by atoms with Crippen LogP contribution in [0.3, 0.4) is 0 Å². The molecule has 0 heterocycles. The molecule has 116 valence electrons. The van der Waals surface area contributed by atoms with Gasteiger partial charge in [0.15, 0.2) is 0 Å². The number of carbonyl (C=O) groups excluding carboxylic acids is 1. The maximum Gasteiger partial charge on any atom is 0.319 e. The lowest BCUT2D eigenvalue weighted by Crippen LogP contribution is -2.45. The molecule has 1 aromatic carbocycles. The summed E-state index contributed by atoms with van der Waals surface area (Å²) in [6, 6.07) is 5.08. The Morgan fingerprint density at radius 1 is 1.33 bits per heavy atom. The number of nitrogens with one attached hydrogen (secondary N) is 2. The minimum atomic E-state index is -0.884. The predicted molar refractivity (Wildman–Crippen MR) is 80.8 cm³/mol. The molecule has 6 heteroatoms. The number of aliphatic carboxylic acids is 1. The number of carboxylic acid groups (broad SMARTS) is 1. The standard InChI is InChI=1S/C15H22N2O4/c1-10-5-6-12(21-4)11(9-10)16-14(20)17-15(2,3)8-7-13(18)19/h5-6,9H,7-8H2,1-4H3,(H,18,19)(H2,16,17,20). The molecule has 3 N–H and O–H groups in total. The minimum Gasteiger partial charge on any atom is -0.495 e. The average molecular weight is 294 g/mol. The highest BCUT2D eigenvalue weighted by atomic mass is 16.5. The molecular weight excluding hydrogens is 272 g/mol. The number of amides is 2. The van der Waals surface area contributed by atoms with Crippen molar-refractivity contribution in [3.63, 3.8) is 0 Å². The summed E-state index contributed by atoms with van der Waals surface area (Å²) in [5.74, 6) is -0.315. The van der Waals surface area contributed by atoms with Crippen molar-refractivity contribution in [1.82, 2.24) is 5.32 Å². The maximum atomic E-state index is 12.0. The van der Waals surface area contributed by atoms with E-state index in [-0.39, 0.29) is 6.42 Å². The highest BCUT2D eigenvalue weighted by Gasteiger charge is 2.22. The first-order valence-electron chi connectivity index (χ1n) is 6.69. The van der Waals surface area contributed by atoms with E-state index in [2.05, 4.69) is 10.6 Å². The number of urea groups is 1. The van der Waals surface area contributed by atoms with Crippen LogP contribution >= 0.6 is 0 Å². The lowest BCUT2D eigenvalue weighted by Gasteiger charge is -2.26. The van der Waals surface area contributed by atoms with E-state index >= 15 is 0 Å². The monoisotopic (exact) mass is 294 g/mol. The van der Waals surface area contributed by atoms with Crippen LogP contribution in [0.4, 0.5) is 10.5 Å². The van der Waals surface area contributed by atoms with E-state index in [4.69, 9.17) is 9.84 Å². The van der Waals surface area contributed by atoms with Crippen LogP contribution in [0.2, 0.25) is 0 Å². The molecule has 0 saturated heterocycles. The summed E-state index contributed by atoms with van der Waals surface area (Å²) in [6.07, 6.45) is 0.349. The third-order valence-corrected chi connectivity index (χ3v) is 3.02. The summed E-state index contributed by atoms with van der Waals surface area (Å²) in [5, 5.41) is 14.2. The van der Waals surface area contributed by atoms with Gasteiger partial charge < -0.3 is 20.5 Å². The summed E-state index contributed by atoms with van der Waals surface area (Å²) in [6.45, 7) is 5.48. The lowest BCUT2D eigenvalue weighted by atomic mass is 9.99. The fourth-order valence-electron chi connectivity index (χ4n) is 1.86. The van der Waals surface area contributed by atoms with Gasteiger partial charge in [-0.15, -0.1) is 0 Å². The molecule has 2 amide bonds. The topological polar surface area (TPSA) is 87.7 Å². The number of anilines is 1. The predicted octanol–water partition coefficient (Wildman–Crippen LogP) is 2.77. The van der Waals surface area contributed by atoms with E-state index in [1.165, 1.54) is 7.11 Å². The van der Waals surface area contributed by atoms with Gasteiger partial charge >= 0.3 is 12.0 Å². The number of aryl methyl sites for hydroxylation is 1. The highest BCUT2D eigenvalue weighted by Crippen LogP contribution is 2.25. The Labute approximate surface area is 124 Å². The Bertz CT molecular complexity index is 526. The van der Waals surface area contributed by atoms with Gasteiger partial charge in [-0.1, -0.05) is 6.07 Å². The van der Waals surface area contributed by atoms with Crippen LogP contribution in [0.25, 0.3) is 0 Å². The largest absolute Gasteiger partial charge is 0.495 e. The van der Waals surface area contributed by atoms with Crippen molar-refractivity contribution in [2.75, 3.05) is 12.4 Å². The van der Waals surface area contributed by atoms with Crippen LogP contribution in [0.1, 0.15) is 32.3 Å². The van der Waals surface area contributed by atoms with Crippen LogP contribution in [0.5, 0.6) is 5.75 Å². The van der Waals surface area contributed by atoms with E-state index in [1.54, 1.807) is 19.9 Å². The Morgan fingerprint density at radius 2 is 2.00 bits per heavy atom. The summed E-state index contributed by atoms with van der Waals surface area (Å²) in [4.78, 5) is 22.6. The zero-order valence-corrected chi connectivity index (χ0v) is 12.8. The average Bonchev–Trinajstić information content (AvgIpc) is 2.36. The maximum absolute atomic E-state index is 12.0. The van der Waals surface area contributed by atoms with Crippen molar-refractivity contribution in [2.45, 2.75) is 39.2 Å². The SMILES string of the molecule is COc1ccc(C)cc1NC(=O)NC(C)(C)CCC(=O)O. The van der Waals surface area contributed by atoms with Crippen LogP contribution < -0.4 is 15.4 Å². The molecule has 1 aromatic rings. The molecule has 0 fully saturated rings. The van der Waals surface area contributed by atoms with Gasteiger partial charge in [-0.2, -0.15) is 0 Å². The first kappa shape index (κ1) is 16.8. The molecule has 0 saturated carbocycles. The number of ether oxygens (including phenoxy) is 1. The van der Waals surface area contributed by atoms with Gasteiger partial charge in [-0.05, 0) is 44.9 Å². The van der Waals surface area contributed by atoms with Crippen LogP contribution in [0, 0.1) is 6.92 Å². The molecule has 0 bridgehead atoms. The van der Waals surface area contributed by atoms with Gasteiger partial charge in [0.25, 0.3) is 0 Å². The molecular formula is C15H22N2O4. The fraction of sp³-hybridized carbons (Fsp3) is 0.467. The van der Waals surface area contributed by atoms with Crippen molar-refractivity contribution in [1.29, 1.82) is 0 Å². The molecule has 6 nitrogen and oxygen atoms in total. The van der Waals surface area contributed by atoms with Gasteiger partial charge in [-0.3, -0.25) is 4.79 Å². The second kappa shape index (κ2) is 6.97. The molecule has 0 aliphatic heterocycles. The summed E-state index contributed by atoms with van der Waals surface area (Å²) in [5.41, 5.74) is 0.958. The number of rotatable bonds is 6. The zero-order valence-electron chi connectivity index (χ0n) is 12.8. The number of hydrogen-bond acceptors (Lipinski definition) is 3. The van der Waals surface area contributed by atoms with E-state index < -0.39 is 17.5 Å². The molecule has 1 rings (SSSR count).